The van der Waals surface area contributed by atoms with Gasteiger partial charge in [0.25, 0.3) is 5.91 Å². The Balaban J connectivity index is 1.79. The first-order chi connectivity index (χ1) is 13.9. The van der Waals surface area contributed by atoms with E-state index >= 15 is 0 Å². The number of hydrogen-bond donors (Lipinski definition) is 2. The molecule has 6 heteroatoms. The van der Waals surface area contributed by atoms with Gasteiger partial charge in [-0.05, 0) is 55.8 Å². The maximum absolute atomic E-state index is 12.0. The van der Waals surface area contributed by atoms with Crippen molar-refractivity contribution in [1.82, 2.24) is 20.4 Å². The third kappa shape index (κ3) is 8.05. The molecule has 0 aromatic heterocycles. The van der Waals surface area contributed by atoms with E-state index in [2.05, 4.69) is 41.3 Å². The van der Waals surface area contributed by atoms with E-state index in [0.29, 0.717) is 12.1 Å². The number of hydrogen-bond acceptors (Lipinski definition) is 3. The van der Waals surface area contributed by atoms with Gasteiger partial charge in [-0.25, -0.2) is 4.99 Å². The Morgan fingerprint density at radius 2 is 1.79 bits per heavy atom. The monoisotopic (exact) mass is 401 g/mol. The molecular formula is C23H39N5O. The standard InChI is InChI=1S/C23H39N5O/c1-6-24-23(25-12-7-13-28-16-18(2)14-19(3)17-28)26-15-20-8-10-21(11-9-20)22(29)27(4)5/h8-11,18-19H,6-7,12-17H2,1-5H3,(H2,24,25,26). The number of aliphatic imine (C=N–C) groups is 1. The molecule has 0 saturated carbocycles. The van der Waals surface area contributed by atoms with Gasteiger partial charge in [-0.2, -0.15) is 0 Å². The van der Waals surface area contributed by atoms with Crippen LogP contribution in [0.5, 0.6) is 0 Å². The lowest BCUT2D eigenvalue weighted by Crippen LogP contribution is -2.41. The summed E-state index contributed by atoms with van der Waals surface area (Å²) in [4.78, 5) is 20.9. The molecule has 1 aromatic carbocycles. The second-order valence-corrected chi connectivity index (χ2v) is 8.58. The maximum atomic E-state index is 12.0. The summed E-state index contributed by atoms with van der Waals surface area (Å²) in [6.45, 7) is 12.7. The summed E-state index contributed by atoms with van der Waals surface area (Å²) in [5.74, 6) is 2.49. The van der Waals surface area contributed by atoms with E-state index in [-0.39, 0.29) is 5.91 Å². The number of nitrogens with one attached hydrogen (secondary N) is 2. The van der Waals surface area contributed by atoms with Gasteiger partial charge in [0.1, 0.15) is 0 Å². The average molecular weight is 402 g/mol. The molecule has 1 saturated heterocycles. The zero-order valence-electron chi connectivity index (χ0n) is 18.9. The minimum Gasteiger partial charge on any atom is -0.357 e. The van der Waals surface area contributed by atoms with Crippen LogP contribution in [0.15, 0.2) is 29.3 Å². The second kappa shape index (κ2) is 11.8. The molecule has 1 aromatic rings. The highest BCUT2D eigenvalue weighted by Crippen LogP contribution is 2.20. The predicted octanol–water partition coefficient (Wildman–Crippen LogP) is 2.81. The summed E-state index contributed by atoms with van der Waals surface area (Å²) in [6.07, 6.45) is 2.47. The van der Waals surface area contributed by atoms with Crippen molar-refractivity contribution in [3.05, 3.63) is 35.4 Å². The van der Waals surface area contributed by atoms with E-state index in [1.165, 1.54) is 19.5 Å². The summed E-state index contributed by atoms with van der Waals surface area (Å²) in [7, 11) is 3.53. The van der Waals surface area contributed by atoms with Crippen LogP contribution in [-0.4, -0.2) is 68.5 Å². The molecule has 29 heavy (non-hydrogen) atoms. The molecule has 2 atom stereocenters. The Bertz CT molecular complexity index is 646. The molecule has 2 rings (SSSR count). The Morgan fingerprint density at radius 1 is 1.14 bits per heavy atom. The van der Waals surface area contributed by atoms with Crippen LogP contribution >= 0.6 is 0 Å². The van der Waals surface area contributed by atoms with E-state index in [0.717, 1.165) is 49.4 Å². The molecule has 0 bridgehead atoms. The molecule has 0 radical (unpaired) electrons. The summed E-state index contributed by atoms with van der Waals surface area (Å²) in [5.41, 5.74) is 1.79. The van der Waals surface area contributed by atoms with Crippen molar-refractivity contribution in [2.75, 3.05) is 46.8 Å². The van der Waals surface area contributed by atoms with Crippen LogP contribution in [0.2, 0.25) is 0 Å². The Kier molecular flexibility index (Phi) is 9.45. The van der Waals surface area contributed by atoms with Crippen molar-refractivity contribution in [2.24, 2.45) is 16.8 Å². The largest absolute Gasteiger partial charge is 0.357 e. The quantitative estimate of drug-likeness (QED) is 0.400. The topological polar surface area (TPSA) is 60.0 Å². The number of carbonyl (C=O) groups excluding carboxylic acids is 1. The third-order valence-corrected chi connectivity index (χ3v) is 5.26. The molecule has 1 amide bonds. The van der Waals surface area contributed by atoms with Gasteiger partial charge in [-0.1, -0.05) is 26.0 Å². The van der Waals surface area contributed by atoms with Crippen LogP contribution in [-0.2, 0) is 6.54 Å². The first kappa shape index (κ1) is 23.2. The number of piperidine rings is 1. The molecule has 1 aliphatic rings. The molecule has 1 heterocycles. The maximum Gasteiger partial charge on any atom is 0.253 e. The number of carbonyl (C=O) groups is 1. The average Bonchev–Trinajstić information content (AvgIpc) is 2.68. The Hall–Kier alpha value is -2.08. The second-order valence-electron chi connectivity index (χ2n) is 8.58. The SMILES string of the molecule is CCNC(=NCc1ccc(C(=O)N(C)C)cc1)NCCCN1CC(C)CC(C)C1. The van der Waals surface area contributed by atoms with E-state index in [1.54, 1.807) is 19.0 Å². The van der Waals surface area contributed by atoms with Gasteiger partial charge < -0.3 is 20.4 Å². The molecule has 2 unspecified atom stereocenters. The molecule has 6 nitrogen and oxygen atoms in total. The Morgan fingerprint density at radius 3 is 2.38 bits per heavy atom. The number of nitrogens with zero attached hydrogens (tertiary/aromatic N) is 3. The summed E-state index contributed by atoms with van der Waals surface area (Å²) in [6, 6.07) is 7.69. The fourth-order valence-corrected chi connectivity index (χ4v) is 4.01. The van der Waals surface area contributed by atoms with Crippen molar-refractivity contribution in [3.63, 3.8) is 0 Å². The molecule has 162 valence electrons. The van der Waals surface area contributed by atoms with Crippen LogP contribution in [0.25, 0.3) is 0 Å². The smallest absolute Gasteiger partial charge is 0.253 e. The number of guanidine groups is 1. The van der Waals surface area contributed by atoms with Crippen LogP contribution in [0.4, 0.5) is 0 Å². The van der Waals surface area contributed by atoms with E-state index < -0.39 is 0 Å². The minimum atomic E-state index is 0.0209. The van der Waals surface area contributed by atoms with Crippen molar-refractivity contribution in [2.45, 2.75) is 40.2 Å². The molecule has 0 aliphatic carbocycles. The number of amides is 1. The zero-order valence-corrected chi connectivity index (χ0v) is 18.9. The minimum absolute atomic E-state index is 0.0209. The molecule has 1 aliphatic heterocycles. The van der Waals surface area contributed by atoms with Gasteiger partial charge in [0, 0.05) is 45.8 Å². The van der Waals surface area contributed by atoms with Crippen LogP contribution < -0.4 is 10.6 Å². The van der Waals surface area contributed by atoms with Crippen molar-refractivity contribution in [1.29, 1.82) is 0 Å². The van der Waals surface area contributed by atoms with Gasteiger partial charge in [0.15, 0.2) is 5.96 Å². The lowest BCUT2D eigenvalue weighted by Gasteiger charge is -2.35. The molecule has 0 spiro atoms. The highest BCUT2D eigenvalue weighted by molar-refractivity contribution is 5.93. The lowest BCUT2D eigenvalue weighted by molar-refractivity contribution is 0.0827. The van der Waals surface area contributed by atoms with Crippen molar-refractivity contribution >= 4 is 11.9 Å². The first-order valence-electron chi connectivity index (χ1n) is 10.9. The van der Waals surface area contributed by atoms with Crippen molar-refractivity contribution < 1.29 is 4.79 Å². The van der Waals surface area contributed by atoms with Gasteiger partial charge in [0.2, 0.25) is 0 Å². The molecule has 2 N–H and O–H groups in total. The van der Waals surface area contributed by atoms with E-state index in [1.807, 2.05) is 24.3 Å². The fraction of sp³-hybridized carbons (Fsp3) is 0.652. The number of rotatable bonds is 8. The molecular weight excluding hydrogens is 362 g/mol. The first-order valence-corrected chi connectivity index (χ1v) is 10.9. The van der Waals surface area contributed by atoms with Crippen LogP contribution in [0, 0.1) is 11.8 Å². The van der Waals surface area contributed by atoms with Crippen LogP contribution in [0.3, 0.4) is 0 Å². The Labute approximate surface area is 176 Å². The zero-order chi connectivity index (χ0) is 21.2. The summed E-state index contributed by atoms with van der Waals surface area (Å²) in [5, 5.41) is 6.76. The normalized spacial score (nSPS) is 20.4. The number of benzene rings is 1. The lowest BCUT2D eigenvalue weighted by atomic mass is 9.92. The van der Waals surface area contributed by atoms with Crippen LogP contribution in [0.1, 0.15) is 49.5 Å². The third-order valence-electron chi connectivity index (χ3n) is 5.26. The van der Waals surface area contributed by atoms with Crippen molar-refractivity contribution in [3.8, 4) is 0 Å². The van der Waals surface area contributed by atoms with E-state index in [4.69, 9.17) is 0 Å². The van der Waals surface area contributed by atoms with E-state index in [9.17, 15) is 4.79 Å². The number of likely N-dealkylation sites (tertiary alicyclic amines) is 1. The fourth-order valence-electron chi connectivity index (χ4n) is 4.01. The summed E-state index contributed by atoms with van der Waals surface area (Å²) >= 11 is 0. The predicted molar refractivity (Wildman–Crippen MR) is 121 cm³/mol. The van der Waals surface area contributed by atoms with Gasteiger partial charge in [-0.3, -0.25) is 4.79 Å². The van der Waals surface area contributed by atoms with Gasteiger partial charge in [-0.15, -0.1) is 0 Å². The highest BCUT2D eigenvalue weighted by atomic mass is 16.2. The highest BCUT2D eigenvalue weighted by Gasteiger charge is 2.20. The van der Waals surface area contributed by atoms with Gasteiger partial charge in [0.05, 0.1) is 6.54 Å². The van der Waals surface area contributed by atoms with Gasteiger partial charge >= 0.3 is 0 Å². The summed E-state index contributed by atoms with van der Waals surface area (Å²) < 4.78 is 0. The molecule has 1 fully saturated rings.